The standard InChI is InChI=1S/C15H27N5/c1-5-13-14(6-2)17-18-15(16-13)20-10-9-12(11-20)19(7-3)8-4/h12H,5-11H2,1-4H3. The fraction of sp³-hybridized carbons (Fsp3) is 0.800. The molecule has 0 bridgehead atoms. The van der Waals surface area contributed by atoms with E-state index < -0.39 is 0 Å². The van der Waals surface area contributed by atoms with Crippen LogP contribution < -0.4 is 4.90 Å². The van der Waals surface area contributed by atoms with Crippen molar-refractivity contribution >= 4 is 5.95 Å². The molecule has 1 aliphatic rings. The molecule has 2 rings (SSSR count). The van der Waals surface area contributed by atoms with E-state index in [0.717, 1.165) is 56.4 Å². The van der Waals surface area contributed by atoms with Crippen LogP contribution in [0.1, 0.15) is 45.5 Å². The minimum absolute atomic E-state index is 0.629. The zero-order valence-electron chi connectivity index (χ0n) is 13.3. The number of aryl methyl sites for hydroxylation is 2. The lowest BCUT2D eigenvalue weighted by Crippen LogP contribution is -2.37. The van der Waals surface area contributed by atoms with Gasteiger partial charge in [0.05, 0.1) is 11.4 Å². The maximum atomic E-state index is 4.72. The highest BCUT2D eigenvalue weighted by Crippen LogP contribution is 2.20. The monoisotopic (exact) mass is 277 g/mol. The van der Waals surface area contributed by atoms with Crippen molar-refractivity contribution in [2.45, 2.75) is 53.0 Å². The lowest BCUT2D eigenvalue weighted by atomic mass is 10.2. The van der Waals surface area contributed by atoms with Gasteiger partial charge in [0.2, 0.25) is 5.95 Å². The summed E-state index contributed by atoms with van der Waals surface area (Å²) in [5, 5.41) is 8.69. The molecule has 0 spiro atoms. The first kappa shape index (κ1) is 15.2. The van der Waals surface area contributed by atoms with Gasteiger partial charge in [-0.05, 0) is 32.4 Å². The summed E-state index contributed by atoms with van der Waals surface area (Å²) < 4.78 is 0. The van der Waals surface area contributed by atoms with E-state index >= 15 is 0 Å². The Balaban J connectivity index is 2.10. The zero-order valence-corrected chi connectivity index (χ0v) is 13.3. The van der Waals surface area contributed by atoms with Crippen LogP contribution in [0, 0.1) is 0 Å². The molecule has 5 heteroatoms. The van der Waals surface area contributed by atoms with Crippen LogP contribution in [0.2, 0.25) is 0 Å². The molecular weight excluding hydrogens is 250 g/mol. The summed E-state index contributed by atoms with van der Waals surface area (Å²) >= 11 is 0. The van der Waals surface area contributed by atoms with Crippen molar-refractivity contribution in [3.8, 4) is 0 Å². The number of nitrogens with zero attached hydrogens (tertiary/aromatic N) is 5. The summed E-state index contributed by atoms with van der Waals surface area (Å²) in [7, 11) is 0. The molecule has 1 aromatic heterocycles. The van der Waals surface area contributed by atoms with Gasteiger partial charge in [0.25, 0.3) is 0 Å². The first-order chi connectivity index (χ1) is 9.73. The van der Waals surface area contributed by atoms with E-state index in [0.29, 0.717) is 6.04 Å². The minimum Gasteiger partial charge on any atom is -0.338 e. The maximum Gasteiger partial charge on any atom is 0.245 e. The number of hydrogen-bond donors (Lipinski definition) is 0. The van der Waals surface area contributed by atoms with Gasteiger partial charge in [0.15, 0.2) is 0 Å². The lowest BCUT2D eigenvalue weighted by Gasteiger charge is -2.26. The van der Waals surface area contributed by atoms with Crippen LogP contribution in [0.25, 0.3) is 0 Å². The van der Waals surface area contributed by atoms with Crippen molar-refractivity contribution in [3.05, 3.63) is 11.4 Å². The summed E-state index contributed by atoms with van der Waals surface area (Å²) in [5.41, 5.74) is 2.14. The topological polar surface area (TPSA) is 45.2 Å². The van der Waals surface area contributed by atoms with Gasteiger partial charge >= 0.3 is 0 Å². The second-order valence-electron chi connectivity index (χ2n) is 5.32. The highest BCUT2D eigenvalue weighted by atomic mass is 15.4. The quantitative estimate of drug-likeness (QED) is 0.795. The Morgan fingerprint density at radius 2 is 1.75 bits per heavy atom. The number of likely N-dealkylation sites (N-methyl/N-ethyl adjacent to an activating group) is 1. The maximum absolute atomic E-state index is 4.72. The van der Waals surface area contributed by atoms with E-state index in [1.54, 1.807) is 0 Å². The van der Waals surface area contributed by atoms with Crippen molar-refractivity contribution in [2.24, 2.45) is 0 Å². The van der Waals surface area contributed by atoms with Crippen molar-refractivity contribution in [2.75, 3.05) is 31.1 Å². The molecule has 1 aromatic rings. The smallest absolute Gasteiger partial charge is 0.245 e. The van der Waals surface area contributed by atoms with Crippen molar-refractivity contribution in [1.29, 1.82) is 0 Å². The van der Waals surface area contributed by atoms with Crippen LogP contribution in [-0.4, -0.2) is 52.3 Å². The fourth-order valence-electron chi connectivity index (χ4n) is 3.02. The van der Waals surface area contributed by atoms with Crippen LogP contribution in [0.15, 0.2) is 0 Å². The molecule has 1 atom stereocenters. The summed E-state index contributed by atoms with van der Waals surface area (Å²) in [6.07, 6.45) is 3.03. The molecule has 1 saturated heterocycles. The number of hydrogen-bond acceptors (Lipinski definition) is 5. The average molecular weight is 277 g/mol. The molecule has 0 radical (unpaired) electrons. The Kier molecular flexibility index (Phi) is 5.29. The van der Waals surface area contributed by atoms with E-state index in [4.69, 9.17) is 4.98 Å². The predicted molar refractivity (Wildman–Crippen MR) is 82.1 cm³/mol. The molecule has 0 N–H and O–H groups in total. The molecule has 0 aromatic carbocycles. The van der Waals surface area contributed by atoms with E-state index in [1.165, 1.54) is 6.42 Å². The lowest BCUT2D eigenvalue weighted by molar-refractivity contribution is 0.232. The van der Waals surface area contributed by atoms with Crippen LogP contribution in [0.5, 0.6) is 0 Å². The molecular formula is C15H27N5. The Labute approximate surface area is 122 Å². The second kappa shape index (κ2) is 6.97. The molecule has 0 saturated carbocycles. The molecule has 112 valence electrons. The Bertz CT molecular complexity index is 430. The van der Waals surface area contributed by atoms with E-state index in [9.17, 15) is 0 Å². The molecule has 1 aliphatic heterocycles. The Morgan fingerprint density at radius 1 is 1.05 bits per heavy atom. The van der Waals surface area contributed by atoms with Crippen molar-refractivity contribution < 1.29 is 0 Å². The summed E-state index contributed by atoms with van der Waals surface area (Å²) in [6.45, 7) is 13.0. The van der Waals surface area contributed by atoms with E-state index in [1.807, 2.05) is 0 Å². The van der Waals surface area contributed by atoms with Gasteiger partial charge in [-0.1, -0.05) is 27.7 Å². The third-order valence-electron chi connectivity index (χ3n) is 4.27. The number of rotatable bonds is 6. The zero-order chi connectivity index (χ0) is 14.5. The van der Waals surface area contributed by atoms with Crippen molar-refractivity contribution in [1.82, 2.24) is 20.1 Å². The average Bonchev–Trinajstić information content (AvgIpc) is 2.97. The third kappa shape index (κ3) is 3.08. The summed E-state index contributed by atoms with van der Waals surface area (Å²) in [5.74, 6) is 0.814. The molecule has 2 heterocycles. The van der Waals surface area contributed by atoms with Gasteiger partial charge in [-0.15, -0.1) is 5.10 Å². The van der Waals surface area contributed by atoms with Gasteiger partial charge in [-0.25, -0.2) is 4.98 Å². The highest BCUT2D eigenvalue weighted by Gasteiger charge is 2.28. The largest absolute Gasteiger partial charge is 0.338 e. The number of anilines is 1. The SMILES string of the molecule is CCc1nnc(N2CCC(N(CC)CC)C2)nc1CC. The third-order valence-corrected chi connectivity index (χ3v) is 4.27. The Morgan fingerprint density at radius 3 is 2.35 bits per heavy atom. The van der Waals surface area contributed by atoms with Crippen LogP contribution >= 0.6 is 0 Å². The normalized spacial score (nSPS) is 19.1. The van der Waals surface area contributed by atoms with Gasteiger partial charge in [0, 0.05) is 19.1 Å². The van der Waals surface area contributed by atoms with Crippen LogP contribution in [-0.2, 0) is 12.8 Å². The fourth-order valence-corrected chi connectivity index (χ4v) is 3.02. The van der Waals surface area contributed by atoms with Crippen LogP contribution in [0.3, 0.4) is 0 Å². The van der Waals surface area contributed by atoms with Gasteiger partial charge in [-0.3, -0.25) is 4.90 Å². The summed E-state index contributed by atoms with van der Waals surface area (Å²) in [4.78, 5) is 9.53. The van der Waals surface area contributed by atoms with E-state index in [2.05, 4.69) is 47.7 Å². The molecule has 0 aliphatic carbocycles. The first-order valence-corrected chi connectivity index (χ1v) is 7.94. The number of aromatic nitrogens is 3. The molecule has 20 heavy (non-hydrogen) atoms. The van der Waals surface area contributed by atoms with Gasteiger partial charge in [0.1, 0.15) is 0 Å². The van der Waals surface area contributed by atoms with Gasteiger partial charge < -0.3 is 4.90 Å². The van der Waals surface area contributed by atoms with Gasteiger partial charge in [-0.2, -0.15) is 5.10 Å². The Hall–Kier alpha value is -1.23. The predicted octanol–water partition coefficient (Wildman–Crippen LogP) is 1.92. The molecule has 5 nitrogen and oxygen atoms in total. The van der Waals surface area contributed by atoms with Crippen molar-refractivity contribution in [3.63, 3.8) is 0 Å². The molecule has 1 fully saturated rings. The molecule has 0 amide bonds. The highest BCUT2D eigenvalue weighted by molar-refractivity contribution is 5.32. The first-order valence-electron chi connectivity index (χ1n) is 7.94. The minimum atomic E-state index is 0.629. The second-order valence-corrected chi connectivity index (χ2v) is 5.32. The molecule has 1 unspecified atom stereocenters. The summed E-state index contributed by atoms with van der Waals surface area (Å²) in [6, 6.07) is 0.629. The van der Waals surface area contributed by atoms with E-state index in [-0.39, 0.29) is 0 Å². The van der Waals surface area contributed by atoms with Crippen LogP contribution in [0.4, 0.5) is 5.95 Å².